The van der Waals surface area contributed by atoms with Crippen LogP contribution in [-0.4, -0.2) is 18.2 Å². The Morgan fingerprint density at radius 3 is 2.87 bits per heavy atom. The quantitative estimate of drug-likeness (QED) is 0.755. The van der Waals surface area contributed by atoms with E-state index in [9.17, 15) is 9.90 Å². The molecule has 4 nitrogen and oxygen atoms in total. The first-order valence-electron chi connectivity index (χ1n) is 4.79. The zero-order valence-corrected chi connectivity index (χ0v) is 8.61. The van der Waals surface area contributed by atoms with Gasteiger partial charge in [0.2, 0.25) is 0 Å². The monoisotopic (exact) mass is 208 g/mol. The molecule has 1 aromatic carbocycles. The zero-order chi connectivity index (χ0) is 11.0. The third-order valence-corrected chi connectivity index (χ3v) is 2.56. The normalized spacial score (nSPS) is 18.5. The molecule has 80 valence electrons. The molecule has 2 rings (SSSR count). The van der Waals surface area contributed by atoms with Crippen molar-refractivity contribution >= 4 is 5.97 Å². The number of esters is 1. The Balaban J connectivity index is 2.58. The standard InChI is InChI=1S/C11H12O4/c1-3-7-6-4-5-8(14-2)10(12)9(6)11(13)15-7/h4-5,7,12H,3H2,1-2H3/t7-/m0/s1. The number of hydrogen-bond donors (Lipinski definition) is 1. The van der Waals surface area contributed by atoms with Crippen LogP contribution >= 0.6 is 0 Å². The van der Waals surface area contributed by atoms with Gasteiger partial charge in [0, 0.05) is 5.56 Å². The molecule has 4 heteroatoms. The number of benzene rings is 1. The van der Waals surface area contributed by atoms with Crippen LogP contribution in [0, 0.1) is 0 Å². The van der Waals surface area contributed by atoms with Crippen molar-refractivity contribution in [1.82, 2.24) is 0 Å². The lowest BCUT2D eigenvalue weighted by molar-refractivity contribution is 0.0377. The third-order valence-electron chi connectivity index (χ3n) is 2.56. The Morgan fingerprint density at radius 1 is 1.53 bits per heavy atom. The van der Waals surface area contributed by atoms with E-state index in [4.69, 9.17) is 9.47 Å². The van der Waals surface area contributed by atoms with Gasteiger partial charge in [0.25, 0.3) is 0 Å². The average Bonchev–Trinajstić information content (AvgIpc) is 2.56. The molecule has 15 heavy (non-hydrogen) atoms. The van der Waals surface area contributed by atoms with E-state index in [2.05, 4.69) is 0 Å². The van der Waals surface area contributed by atoms with Crippen molar-refractivity contribution in [3.8, 4) is 11.5 Å². The highest BCUT2D eigenvalue weighted by Crippen LogP contribution is 2.41. The number of methoxy groups -OCH3 is 1. The number of aromatic hydroxyl groups is 1. The summed E-state index contributed by atoms with van der Waals surface area (Å²) in [4.78, 5) is 11.5. The van der Waals surface area contributed by atoms with Gasteiger partial charge in [0.1, 0.15) is 11.7 Å². The molecule has 0 amide bonds. The molecule has 1 N–H and O–H groups in total. The summed E-state index contributed by atoms with van der Waals surface area (Å²) in [6, 6.07) is 3.39. The van der Waals surface area contributed by atoms with Crippen molar-refractivity contribution in [2.75, 3.05) is 7.11 Å². The second-order valence-electron chi connectivity index (χ2n) is 3.38. The predicted molar refractivity (Wildman–Crippen MR) is 53.1 cm³/mol. The number of hydrogen-bond acceptors (Lipinski definition) is 4. The van der Waals surface area contributed by atoms with Crippen LogP contribution in [0.1, 0.15) is 35.4 Å². The van der Waals surface area contributed by atoms with Crippen molar-refractivity contribution in [2.45, 2.75) is 19.4 Å². The summed E-state index contributed by atoms with van der Waals surface area (Å²) >= 11 is 0. The Morgan fingerprint density at radius 2 is 2.27 bits per heavy atom. The molecule has 0 saturated carbocycles. The lowest BCUT2D eigenvalue weighted by atomic mass is 10.0. The molecule has 1 aliphatic heterocycles. The topological polar surface area (TPSA) is 55.8 Å². The Labute approximate surface area is 87.4 Å². The van der Waals surface area contributed by atoms with E-state index in [1.54, 1.807) is 12.1 Å². The third kappa shape index (κ3) is 1.33. The van der Waals surface area contributed by atoms with E-state index in [0.717, 1.165) is 5.56 Å². The number of phenolic OH excluding ortho intramolecular Hbond substituents is 1. The summed E-state index contributed by atoms with van der Waals surface area (Å²) in [6.07, 6.45) is 0.453. The van der Waals surface area contributed by atoms with Crippen molar-refractivity contribution in [3.05, 3.63) is 23.3 Å². The van der Waals surface area contributed by atoms with Crippen LogP contribution in [0.5, 0.6) is 11.5 Å². The van der Waals surface area contributed by atoms with E-state index in [1.165, 1.54) is 7.11 Å². The van der Waals surface area contributed by atoms with E-state index in [-0.39, 0.29) is 17.4 Å². The molecular formula is C11H12O4. The maximum absolute atomic E-state index is 11.5. The van der Waals surface area contributed by atoms with Gasteiger partial charge < -0.3 is 14.6 Å². The molecule has 0 aliphatic carbocycles. The first-order chi connectivity index (χ1) is 7.19. The van der Waals surface area contributed by atoms with Crippen LogP contribution < -0.4 is 4.74 Å². The van der Waals surface area contributed by atoms with Gasteiger partial charge in [-0.15, -0.1) is 0 Å². The summed E-state index contributed by atoms with van der Waals surface area (Å²) in [7, 11) is 1.44. The largest absolute Gasteiger partial charge is 0.504 e. The number of rotatable bonds is 2. The van der Waals surface area contributed by atoms with Crippen molar-refractivity contribution in [3.63, 3.8) is 0 Å². The molecule has 1 aromatic rings. The van der Waals surface area contributed by atoms with Gasteiger partial charge in [-0.2, -0.15) is 0 Å². The number of phenols is 1. The summed E-state index contributed by atoms with van der Waals surface area (Å²) in [6.45, 7) is 1.92. The molecule has 0 fully saturated rings. The average molecular weight is 208 g/mol. The van der Waals surface area contributed by atoms with Gasteiger partial charge in [-0.25, -0.2) is 4.79 Å². The van der Waals surface area contributed by atoms with E-state index in [1.807, 2.05) is 6.92 Å². The molecule has 0 radical (unpaired) electrons. The highest BCUT2D eigenvalue weighted by molar-refractivity contribution is 5.97. The predicted octanol–water partition coefficient (Wildman–Crippen LogP) is 2.02. The molecule has 1 heterocycles. The van der Waals surface area contributed by atoms with Crippen LogP contribution in [0.3, 0.4) is 0 Å². The fourth-order valence-electron chi connectivity index (χ4n) is 1.79. The Hall–Kier alpha value is -1.71. The minimum atomic E-state index is -0.478. The molecule has 0 unspecified atom stereocenters. The van der Waals surface area contributed by atoms with Crippen molar-refractivity contribution < 1.29 is 19.4 Å². The lowest BCUT2D eigenvalue weighted by Gasteiger charge is -2.07. The molecule has 1 atom stereocenters. The van der Waals surface area contributed by atoms with Gasteiger partial charge in [0.05, 0.1) is 7.11 Å². The highest BCUT2D eigenvalue weighted by Gasteiger charge is 2.33. The Kier molecular flexibility index (Phi) is 2.26. The van der Waals surface area contributed by atoms with E-state index in [0.29, 0.717) is 12.2 Å². The maximum Gasteiger partial charge on any atom is 0.343 e. The number of cyclic esters (lactones) is 1. The lowest BCUT2D eigenvalue weighted by Crippen LogP contribution is -1.96. The number of carbonyl (C=O) groups excluding carboxylic acids is 1. The maximum atomic E-state index is 11.5. The molecule has 0 saturated heterocycles. The fourth-order valence-corrected chi connectivity index (χ4v) is 1.79. The van der Waals surface area contributed by atoms with Gasteiger partial charge in [-0.3, -0.25) is 0 Å². The van der Waals surface area contributed by atoms with Crippen molar-refractivity contribution in [1.29, 1.82) is 0 Å². The molecule has 0 aromatic heterocycles. The van der Waals surface area contributed by atoms with Crippen molar-refractivity contribution in [2.24, 2.45) is 0 Å². The van der Waals surface area contributed by atoms with Gasteiger partial charge in [-0.05, 0) is 12.5 Å². The smallest absolute Gasteiger partial charge is 0.343 e. The first kappa shape index (κ1) is 9.83. The van der Waals surface area contributed by atoms with Crippen LogP contribution in [0.15, 0.2) is 12.1 Å². The highest BCUT2D eigenvalue weighted by atomic mass is 16.5. The molecule has 1 aliphatic rings. The zero-order valence-electron chi connectivity index (χ0n) is 8.61. The molecule has 0 bridgehead atoms. The first-order valence-corrected chi connectivity index (χ1v) is 4.79. The summed E-state index contributed by atoms with van der Waals surface area (Å²) in [5.74, 6) is -0.313. The van der Waals surface area contributed by atoms with Crippen LogP contribution in [-0.2, 0) is 4.74 Å². The van der Waals surface area contributed by atoms with Crippen LogP contribution in [0.4, 0.5) is 0 Å². The van der Waals surface area contributed by atoms with Crippen LogP contribution in [0.2, 0.25) is 0 Å². The second kappa shape index (κ2) is 3.46. The number of ether oxygens (including phenoxy) is 2. The van der Waals surface area contributed by atoms with Gasteiger partial charge in [0.15, 0.2) is 11.5 Å². The minimum absolute atomic E-state index is 0.129. The van der Waals surface area contributed by atoms with Gasteiger partial charge >= 0.3 is 5.97 Å². The fraction of sp³-hybridized carbons (Fsp3) is 0.364. The number of fused-ring (bicyclic) bond motifs is 1. The van der Waals surface area contributed by atoms with Crippen LogP contribution in [0.25, 0.3) is 0 Å². The molecular weight excluding hydrogens is 196 g/mol. The second-order valence-corrected chi connectivity index (χ2v) is 3.38. The minimum Gasteiger partial charge on any atom is -0.504 e. The van der Waals surface area contributed by atoms with Gasteiger partial charge in [-0.1, -0.05) is 13.0 Å². The number of carbonyl (C=O) groups is 1. The Bertz CT molecular complexity index is 411. The summed E-state index contributed by atoms with van der Waals surface area (Å²) in [5, 5.41) is 9.77. The summed E-state index contributed by atoms with van der Waals surface area (Å²) < 4.78 is 10.0. The van der Waals surface area contributed by atoms with E-state index < -0.39 is 5.97 Å². The van der Waals surface area contributed by atoms with E-state index >= 15 is 0 Å². The SMILES string of the molecule is CC[C@@H]1OC(=O)c2c1ccc(OC)c2O. The summed E-state index contributed by atoms with van der Waals surface area (Å²) in [5.41, 5.74) is 0.974. The molecule has 0 spiro atoms.